The minimum Gasteiger partial charge on any atom is -0.196 e. The van der Waals surface area contributed by atoms with Gasteiger partial charge in [-0.25, -0.2) is 0 Å². The molecule has 0 nitrogen and oxygen atoms in total. The number of aryl methyl sites for hydroxylation is 4. The molecule has 0 radical (unpaired) electrons. The van der Waals surface area contributed by atoms with Crippen LogP contribution < -0.4 is 0 Å². The molecule has 2 heteroatoms. The van der Waals surface area contributed by atoms with Crippen LogP contribution in [-0.2, 0) is 5.92 Å². The highest BCUT2D eigenvalue weighted by molar-refractivity contribution is 5.41. The summed E-state index contributed by atoms with van der Waals surface area (Å²) in [6.45, 7) is 7.56. The zero-order valence-corrected chi connectivity index (χ0v) is 11.7. The molecular weight excluding hydrogens is 242 g/mol. The Labute approximate surface area is 113 Å². The monoisotopic (exact) mass is 260 g/mol. The summed E-state index contributed by atoms with van der Waals surface area (Å²) in [4.78, 5) is 0. The van der Waals surface area contributed by atoms with Gasteiger partial charge in [-0.15, -0.1) is 0 Å². The van der Waals surface area contributed by atoms with Crippen molar-refractivity contribution in [3.05, 3.63) is 69.8 Å². The van der Waals surface area contributed by atoms with E-state index in [1.165, 1.54) is 12.1 Å². The molecule has 0 saturated heterocycles. The number of alkyl halides is 2. The zero-order chi connectivity index (χ0) is 14.2. The Kier molecular flexibility index (Phi) is 3.44. The van der Waals surface area contributed by atoms with E-state index in [4.69, 9.17) is 0 Å². The van der Waals surface area contributed by atoms with Crippen LogP contribution in [0.4, 0.5) is 8.78 Å². The third kappa shape index (κ3) is 2.53. The summed E-state index contributed by atoms with van der Waals surface area (Å²) in [5, 5.41) is 0. The van der Waals surface area contributed by atoms with E-state index in [9.17, 15) is 8.78 Å². The largest absolute Gasteiger partial charge is 0.298 e. The van der Waals surface area contributed by atoms with Gasteiger partial charge in [0.1, 0.15) is 0 Å². The van der Waals surface area contributed by atoms with Gasteiger partial charge in [0.05, 0.1) is 0 Å². The van der Waals surface area contributed by atoms with Crippen LogP contribution in [0.25, 0.3) is 0 Å². The summed E-state index contributed by atoms with van der Waals surface area (Å²) < 4.78 is 29.0. The summed E-state index contributed by atoms with van der Waals surface area (Å²) >= 11 is 0. The first-order valence-corrected chi connectivity index (χ1v) is 6.35. The predicted octanol–water partition coefficient (Wildman–Crippen LogP) is 5.06. The molecule has 0 bridgehead atoms. The van der Waals surface area contributed by atoms with Gasteiger partial charge in [0.25, 0.3) is 5.92 Å². The van der Waals surface area contributed by atoms with E-state index in [0.29, 0.717) is 0 Å². The van der Waals surface area contributed by atoms with Gasteiger partial charge in [0, 0.05) is 11.1 Å². The standard InChI is InChI=1S/C17H18F2/c1-11-5-7-15(9-13(11)3)17(18,19)16-8-6-12(2)14(4)10-16/h5-10H,1-4H3. The normalized spacial score (nSPS) is 11.7. The van der Waals surface area contributed by atoms with Gasteiger partial charge in [-0.3, -0.25) is 0 Å². The molecule has 0 unspecified atom stereocenters. The van der Waals surface area contributed by atoms with Crippen LogP contribution >= 0.6 is 0 Å². The molecule has 0 amide bonds. The van der Waals surface area contributed by atoms with Crippen LogP contribution in [0.3, 0.4) is 0 Å². The maximum atomic E-state index is 14.5. The van der Waals surface area contributed by atoms with E-state index in [1.807, 2.05) is 27.7 Å². The summed E-state index contributed by atoms with van der Waals surface area (Å²) in [5.41, 5.74) is 3.94. The van der Waals surface area contributed by atoms with Crippen molar-refractivity contribution < 1.29 is 8.78 Å². The second kappa shape index (κ2) is 4.76. The van der Waals surface area contributed by atoms with Crippen molar-refractivity contribution in [2.24, 2.45) is 0 Å². The second-order valence-corrected chi connectivity index (χ2v) is 5.17. The van der Waals surface area contributed by atoms with E-state index >= 15 is 0 Å². The Hall–Kier alpha value is -1.70. The third-order valence-electron chi connectivity index (χ3n) is 3.74. The predicted molar refractivity (Wildman–Crippen MR) is 74.8 cm³/mol. The van der Waals surface area contributed by atoms with Crippen molar-refractivity contribution >= 4 is 0 Å². The van der Waals surface area contributed by atoms with Gasteiger partial charge in [-0.05, 0) is 62.1 Å². The van der Waals surface area contributed by atoms with Crippen LogP contribution in [-0.4, -0.2) is 0 Å². The third-order valence-corrected chi connectivity index (χ3v) is 3.74. The number of rotatable bonds is 2. The van der Waals surface area contributed by atoms with Crippen molar-refractivity contribution in [3.63, 3.8) is 0 Å². The van der Waals surface area contributed by atoms with Crippen molar-refractivity contribution in [3.8, 4) is 0 Å². The minimum atomic E-state index is -2.95. The highest BCUT2D eigenvalue weighted by atomic mass is 19.3. The average molecular weight is 260 g/mol. The summed E-state index contributed by atoms with van der Waals surface area (Å²) in [7, 11) is 0. The lowest BCUT2D eigenvalue weighted by Crippen LogP contribution is -2.16. The molecule has 0 spiro atoms. The van der Waals surface area contributed by atoms with Gasteiger partial charge in [-0.1, -0.05) is 24.3 Å². The lowest BCUT2D eigenvalue weighted by atomic mass is 9.95. The fourth-order valence-electron chi connectivity index (χ4n) is 2.04. The Morgan fingerprint density at radius 2 is 1.00 bits per heavy atom. The first kappa shape index (κ1) is 13.7. The fraction of sp³-hybridized carbons (Fsp3) is 0.294. The number of hydrogen-bond donors (Lipinski definition) is 0. The van der Waals surface area contributed by atoms with Crippen molar-refractivity contribution in [2.75, 3.05) is 0 Å². The molecule has 2 aromatic carbocycles. The van der Waals surface area contributed by atoms with E-state index < -0.39 is 5.92 Å². The lowest BCUT2D eigenvalue weighted by Gasteiger charge is -2.19. The van der Waals surface area contributed by atoms with Crippen molar-refractivity contribution in [1.29, 1.82) is 0 Å². The van der Waals surface area contributed by atoms with Gasteiger partial charge >= 0.3 is 0 Å². The Balaban J connectivity index is 2.51. The maximum Gasteiger partial charge on any atom is 0.298 e. The maximum absolute atomic E-state index is 14.5. The van der Waals surface area contributed by atoms with Crippen LogP contribution in [0.5, 0.6) is 0 Å². The molecule has 100 valence electrons. The van der Waals surface area contributed by atoms with Gasteiger partial charge in [0.2, 0.25) is 0 Å². The number of benzene rings is 2. The Bertz CT molecular complexity index is 559. The van der Waals surface area contributed by atoms with Crippen LogP contribution in [0.1, 0.15) is 33.4 Å². The summed E-state index contributed by atoms with van der Waals surface area (Å²) in [5.74, 6) is -2.95. The molecular formula is C17H18F2. The van der Waals surface area contributed by atoms with Crippen molar-refractivity contribution in [1.82, 2.24) is 0 Å². The molecule has 0 aliphatic heterocycles. The number of hydrogen-bond acceptors (Lipinski definition) is 0. The van der Waals surface area contributed by atoms with Gasteiger partial charge in [-0.2, -0.15) is 8.78 Å². The molecule has 2 aromatic rings. The molecule has 2 rings (SSSR count). The topological polar surface area (TPSA) is 0 Å². The molecule has 0 fully saturated rings. The quantitative estimate of drug-likeness (QED) is 0.708. The van der Waals surface area contributed by atoms with Crippen molar-refractivity contribution in [2.45, 2.75) is 33.6 Å². The minimum absolute atomic E-state index is 0.0545. The number of halogens is 2. The molecule has 19 heavy (non-hydrogen) atoms. The summed E-state index contributed by atoms with van der Waals surface area (Å²) in [6, 6.07) is 9.67. The van der Waals surface area contributed by atoms with Gasteiger partial charge in [0.15, 0.2) is 0 Å². The Morgan fingerprint density at radius 3 is 1.32 bits per heavy atom. The van der Waals surface area contributed by atoms with E-state index in [0.717, 1.165) is 22.3 Å². The SMILES string of the molecule is Cc1ccc(C(F)(F)c2ccc(C)c(C)c2)cc1C. The van der Waals surface area contributed by atoms with E-state index in [1.54, 1.807) is 24.3 Å². The summed E-state index contributed by atoms with van der Waals surface area (Å²) in [6.07, 6.45) is 0. The van der Waals surface area contributed by atoms with Crippen LogP contribution in [0.15, 0.2) is 36.4 Å². The molecule has 0 saturated carbocycles. The fourth-order valence-corrected chi connectivity index (χ4v) is 2.04. The van der Waals surface area contributed by atoms with Crippen LogP contribution in [0.2, 0.25) is 0 Å². The molecule has 0 N–H and O–H groups in total. The molecule has 0 aromatic heterocycles. The van der Waals surface area contributed by atoms with E-state index in [2.05, 4.69) is 0 Å². The van der Waals surface area contributed by atoms with E-state index in [-0.39, 0.29) is 11.1 Å². The second-order valence-electron chi connectivity index (χ2n) is 5.17. The zero-order valence-electron chi connectivity index (χ0n) is 11.7. The molecule has 0 heterocycles. The smallest absolute Gasteiger partial charge is 0.196 e. The highest BCUT2D eigenvalue weighted by Gasteiger charge is 2.34. The molecule has 0 aliphatic rings. The van der Waals surface area contributed by atoms with Gasteiger partial charge < -0.3 is 0 Å². The Morgan fingerprint density at radius 1 is 0.632 bits per heavy atom. The highest BCUT2D eigenvalue weighted by Crippen LogP contribution is 2.37. The average Bonchev–Trinajstić information content (AvgIpc) is 2.35. The van der Waals surface area contributed by atoms with Crippen LogP contribution in [0, 0.1) is 27.7 Å². The lowest BCUT2D eigenvalue weighted by molar-refractivity contribution is 0.0427. The molecule has 0 atom stereocenters. The first-order chi connectivity index (χ1) is 8.82. The first-order valence-electron chi connectivity index (χ1n) is 6.35. The molecule has 0 aliphatic carbocycles.